The zero-order chi connectivity index (χ0) is 19.0. The first-order chi connectivity index (χ1) is 12.3. The summed E-state index contributed by atoms with van der Waals surface area (Å²) in [7, 11) is 1.87. The average Bonchev–Trinajstić information content (AvgIpc) is 2.90. The van der Waals surface area contributed by atoms with E-state index in [2.05, 4.69) is 17.2 Å². The minimum absolute atomic E-state index is 0.0293. The summed E-state index contributed by atoms with van der Waals surface area (Å²) in [5.41, 5.74) is 1.14. The van der Waals surface area contributed by atoms with Gasteiger partial charge in [-0.3, -0.25) is 14.5 Å². The standard InChI is InChI=1S/C19H28N4O2S/c1-10(2)20-15(24)9-23(5)12(4)17-21-18(25)16-13-7-6-11(3)8-14(13)26-19(16)22-17/h10-12H,6-9H2,1-5H3,(H,20,24)(H,21,22,25)/t11-,12-/m0/s1. The number of rotatable bonds is 5. The van der Waals surface area contributed by atoms with Crippen LogP contribution < -0.4 is 10.9 Å². The van der Waals surface area contributed by atoms with Crippen LogP contribution in [0.3, 0.4) is 0 Å². The lowest BCUT2D eigenvalue weighted by atomic mass is 9.89. The lowest BCUT2D eigenvalue weighted by Gasteiger charge is -2.23. The molecule has 2 N–H and O–H groups in total. The lowest BCUT2D eigenvalue weighted by molar-refractivity contribution is -0.122. The molecule has 0 aliphatic heterocycles. The summed E-state index contributed by atoms with van der Waals surface area (Å²) in [4.78, 5) is 36.5. The molecule has 1 aliphatic rings. The van der Waals surface area contributed by atoms with E-state index in [1.165, 1.54) is 10.4 Å². The summed E-state index contributed by atoms with van der Waals surface area (Å²) in [6.07, 6.45) is 3.13. The van der Waals surface area contributed by atoms with Crippen LogP contribution in [0.5, 0.6) is 0 Å². The fourth-order valence-corrected chi connectivity index (χ4v) is 4.89. The molecule has 3 rings (SSSR count). The molecule has 0 saturated carbocycles. The largest absolute Gasteiger partial charge is 0.353 e. The van der Waals surface area contributed by atoms with Gasteiger partial charge in [-0.1, -0.05) is 6.92 Å². The van der Waals surface area contributed by atoms with Crippen molar-refractivity contribution >= 4 is 27.5 Å². The summed E-state index contributed by atoms with van der Waals surface area (Å²) in [5.74, 6) is 1.26. The Morgan fingerprint density at radius 2 is 2.15 bits per heavy atom. The summed E-state index contributed by atoms with van der Waals surface area (Å²) in [6, 6.07) is -0.0385. The highest BCUT2D eigenvalue weighted by molar-refractivity contribution is 7.18. The van der Waals surface area contributed by atoms with E-state index < -0.39 is 0 Å². The predicted molar refractivity (Wildman–Crippen MR) is 106 cm³/mol. The Labute approximate surface area is 158 Å². The van der Waals surface area contributed by atoms with Crippen LogP contribution in [0.2, 0.25) is 0 Å². The second-order valence-corrected chi connectivity index (χ2v) is 8.88. The number of amides is 1. The Balaban J connectivity index is 1.86. The number of nitrogens with one attached hydrogen (secondary N) is 2. The van der Waals surface area contributed by atoms with E-state index in [-0.39, 0.29) is 30.1 Å². The van der Waals surface area contributed by atoms with Gasteiger partial charge in [0, 0.05) is 10.9 Å². The molecule has 1 amide bonds. The molecule has 6 nitrogen and oxygen atoms in total. The van der Waals surface area contributed by atoms with E-state index in [9.17, 15) is 9.59 Å². The predicted octanol–water partition coefficient (Wildman–Crippen LogP) is 2.63. The molecule has 2 atom stereocenters. The van der Waals surface area contributed by atoms with Crippen molar-refractivity contribution in [3.8, 4) is 0 Å². The summed E-state index contributed by atoms with van der Waals surface area (Å²) < 4.78 is 0. The number of hydrogen-bond acceptors (Lipinski definition) is 5. The van der Waals surface area contributed by atoms with Gasteiger partial charge < -0.3 is 10.3 Å². The van der Waals surface area contributed by atoms with E-state index >= 15 is 0 Å². The van der Waals surface area contributed by atoms with Crippen molar-refractivity contribution < 1.29 is 4.79 Å². The van der Waals surface area contributed by atoms with Crippen LogP contribution >= 0.6 is 11.3 Å². The minimum atomic E-state index is -0.150. The first-order valence-electron chi connectivity index (χ1n) is 9.30. The molecule has 0 unspecified atom stereocenters. The molecule has 2 aromatic rings. The molecule has 0 radical (unpaired) electrons. The molecular weight excluding hydrogens is 348 g/mol. The number of aromatic nitrogens is 2. The maximum absolute atomic E-state index is 12.7. The van der Waals surface area contributed by atoms with Gasteiger partial charge in [-0.25, -0.2) is 4.98 Å². The van der Waals surface area contributed by atoms with Crippen LogP contribution in [0.1, 0.15) is 56.4 Å². The third kappa shape index (κ3) is 3.83. The number of likely N-dealkylation sites (N-methyl/N-ethyl adjacent to an activating group) is 1. The van der Waals surface area contributed by atoms with Gasteiger partial charge in [0.2, 0.25) is 5.91 Å². The van der Waals surface area contributed by atoms with Crippen LogP contribution in [0, 0.1) is 5.92 Å². The molecule has 0 fully saturated rings. The van der Waals surface area contributed by atoms with E-state index in [1.807, 2.05) is 32.7 Å². The fraction of sp³-hybridized carbons (Fsp3) is 0.632. The zero-order valence-corrected chi connectivity index (χ0v) is 17.0. The van der Waals surface area contributed by atoms with Crippen molar-refractivity contribution in [1.82, 2.24) is 20.2 Å². The quantitative estimate of drug-likeness (QED) is 0.841. The Bertz CT molecular complexity index is 870. The highest BCUT2D eigenvalue weighted by Gasteiger charge is 2.24. The van der Waals surface area contributed by atoms with Gasteiger partial charge in [0.15, 0.2) is 0 Å². The van der Waals surface area contributed by atoms with Crippen LogP contribution in [0.15, 0.2) is 4.79 Å². The number of aryl methyl sites for hydroxylation is 1. The second kappa shape index (κ2) is 7.48. The van der Waals surface area contributed by atoms with Crippen LogP contribution in [0.25, 0.3) is 10.2 Å². The Hall–Kier alpha value is -1.73. The van der Waals surface area contributed by atoms with E-state index in [0.29, 0.717) is 11.7 Å². The highest BCUT2D eigenvalue weighted by atomic mass is 32.1. The summed E-state index contributed by atoms with van der Waals surface area (Å²) >= 11 is 1.65. The molecule has 142 valence electrons. The maximum atomic E-state index is 12.7. The number of H-pyrrole nitrogens is 1. The SMILES string of the molecule is CC(C)NC(=O)CN(C)[C@@H](C)c1nc2sc3c(c2c(=O)[nH]1)CC[C@H](C)C3. The van der Waals surface area contributed by atoms with Crippen LogP contribution in [-0.4, -0.2) is 40.4 Å². The van der Waals surface area contributed by atoms with Gasteiger partial charge >= 0.3 is 0 Å². The van der Waals surface area contributed by atoms with Gasteiger partial charge in [0.1, 0.15) is 10.7 Å². The molecule has 26 heavy (non-hydrogen) atoms. The lowest BCUT2D eigenvalue weighted by Crippen LogP contribution is -2.39. The Kier molecular flexibility index (Phi) is 5.48. The van der Waals surface area contributed by atoms with Gasteiger partial charge in [-0.2, -0.15) is 0 Å². The van der Waals surface area contributed by atoms with Crippen molar-refractivity contribution in [1.29, 1.82) is 0 Å². The molecule has 0 saturated heterocycles. The number of carbonyl (C=O) groups is 1. The second-order valence-electron chi connectivity index (χ2n) is 7.80. The number of nitrogens with zero attached hydrogens (tertiary/aromatic N) is 2. The third-order valence-electron chi connectivity index (χ3n) is 5.08. The zero-order valence-electron chi connectivity index (χ0n) is 16.2. The van der Waals surface area contributed by atoms with Gasteiger partial charge in [0.25, 0.3) is 5.56 Å². The number of carbonyl (C=O) groups excluding carboxylic acids is 1. The number of aromatic amines is 1. The molecule has 7 heteroatoms. The first-order valence-corrected chi connectivity index (χ1v) is 10.1. The normalized spacial score (nSPS) is 18.3. The van der Waals surface area contributed by atoms with Crippen molar-refractivity contribution in [2.24, 2.45) is 5.92 Å². The summed E-state index contributed by atoms with van der Waals surface area (Å²) in [6.45, 7) is 8.36. The van der Waals surface area contributed by atoms with Crippen LogP contribution in [0.4, 0.5) is 0 Å². The van der Waals surface area contributed by atoms with Crippen molar-refractivity contribution in [2.75, 3.05) is 13.6 Å². The topological polar surface area (TPSA) is 78.1 Å². The van der Waals surface area contributed by atoms with Crippen molar-refractivity contribution in [2.45, 2.75) is 59.0 Å². The average molecular weight is 377 g/mol. The Morgan fingerprint density at radius 3 is 2.85 bits per heavy atom. The van der Waals surface area contributed by atoms with Crippen LogP contribution in [-0.2, 0) is 17.6 Å². The van der Waals surface area contributed by atoms with Gasteiger partial charge in [-0.05, 0) is 58.6 Å². The molecule has 0 aromatic carbocycles. The minimum Gasteiger partial charge on any atom is -0.353 e. The molecule has 0 spiro atoms. The van der Waals surface area contributed by atoms with Gasteiger partial charge in [0.05, 0.1) is 18.0 Å². The number of fused-ring (bicyclic) bond motifs is 3. The highest BCUT2D eigenvalue weighted by Crippen LogP contribution is 2.35. The first kappa shape index (κ1) is 19.0. The molecule has 1 aliphatic carbocycles. The number of hydrogen-bond donors (Lipinski definition) is 2. The fourth-order valence-electron chi connectivity index (χ4n) is 3.50. The van der Waals surface area contributed by atoms with E-state index in [1.54, 1.807) is 11.3 Å². The summed E-state index contributed by atoms with van der Waals surface area (Å²) in [5, 5.41) is 3.66. The van der Waals surface area contributed by atoms with Gasteiger partial charge in [-0.15, -0.1) is 11.3 Å². The molecule has 2 aromatic heterocycles. The molecule has 0 bridgehead atoms. The third-order valence-corrected chi connectivity index (χ3v) is 6.23. The smallest absolute Gasteiger partial charge is 0.259 e. The van der Waals surface area contributed by atoms with Crippen molar-refractivity contribution in [3.05, 3.63) is 26.6 Å². The molecule has 2 heterocycles. The van der Waals surface area contributed by atoms with E-state index in [4.69, 9.17) is 4.98 Å². The van der Waals surface area contributed by atoms with Crippen molar-refractivity contribution in [3.63, 3.8) is 0 Å². The maximum Gasteiger partial charge on any atom is 0.259 e. The Morgan fingerprint density at radius 1 is 1.42 bits per heavy atom. The number of thiophene rings is 1. The monoisotopic (exact) mass is 376 g/mol. The molecular formula is C19H28N4O2S. The van der Waals surface area contributed by atoms with E-state index in [0.717, 1.165) is 29.5 Å².